The minimum absolute atomic E-state index is 0.0922. The molecule has 0 spiro atoms. The van der Waals surface area contributed by atoms with Gasteiger partial charge in [0, 0.05) is 12.0 Å². The van der Waals surface area contributed by atoms with Crippen LogP contribution in [0.1, 0.15) is 45.4 Å². The van der Waals surface area contributed by atoms with Gasteiger partial charge in [-0.3, -0.25) is 9.69 Å². The van der Waals surface area contributed by atoms with Crippen molar-refractivity contribution in [2.75, 3.05) is 19.7 Å². The fourth-order valence-electron chi connectivity index (χ4n) is 3.22. The van der Waals surface area contributed by atoms with E-state index in [1.165, 1.54) is 45.2 Å². The number of carbonyl (C=O) groups excluding carboxylic acids is 1. The second-order valence-corrected chi connectivity index (χ2v) is 6.61. The van der Waals surface area contributed by atoms with Crippen molar-refractivity contribution in [3.8, 4) is 0 Å². The lowest BCUT2D eigenvalue weighted by Gasteiger charge is -2.44. The van der Waals surface area contributed by atoms with E-state index in [4.69, 9.17) is 4.74 Å². The van der Waals surface area contributed by atoms with E-state index in [-0.39, 0.29) is 10.8 Å². The Morgan fingerprint density at radius 1 is 1.33 bits per heavy atom. The number of ether oxygens (including phenoxy) is 1. The van der Waals surface area contributed by atoms with E-state index < -0.39 is 0 Å². The summed E-state index contributed by atoms with van der Waals surface area (Å²) < 4.78 is 5.47. The van der Waals surface area contributed by atoms with Gasteiger partial charge < -0.3 is 4.74 Å². The van der Waals surface area contributed by atoms with Crippen LogP contribution in [0.3, 0.4) is 0 Å². The van der Waals surface area contributed by atoms with E-state index in [1.807, 2.05) is 6.92 Å². The van der Waals surface area contributed by atoms with Crippen molar-refractivity contribution in [1.29, 1.82) is 0 Å². The Labute approximate surface area is 118 Å². The van der Waals surface area contributed by atoms with Crippen LogP contribution in [0, 0.1) is 5.92 Å². The molecule has 3 nitrogen and oxygen atoms in total. The van der Waals surface area contributed by atoms with E-state index in [0.29, 0.717) is 18.6 Å². The number of hydrogen-bond donors (Lipinski definition) is 0. The van der Waals surface area contributed by atoms with Gasteiger partial charge in [-0.15, -0.1) is 0 Å². The molecule has 0 unspecified atom stereocenters. The molecule has 2 aliphatic heterocycles. The number of hydrogen-bond acceptors (Lipinski definition) is 3. The van der Waals surface area contributed by atoms with E-state index in [1.54, 1.807) is 0 Å². The Hall–Kier alpha value is -0.0900. The second-order valence-electron chi connectivity index (χ2n) is 5.51. The van der Waals surface area contributed by atoms with Crippen LogP contribution < -0.4 is 0 Å². The molecule has 2 heterocycles. The SMILES string of the molecule is CC[C@H](Br)C(=O)OC[C@H]1CCCN2CCCC[C@H]12. The van der Waals surface area contributed by atoms with Crippen LogP contribution in [-0.4, -0.2) is 41.4 Å². The van der Waals surface area contributed by atoms with Gasteiger partial charge in [0.15, 0.2) is 0 Å². The van der Waals surface area contributed by atoms with Crippen molar-refractivity contribution in [3.63, 3.8) is 0 Å². The van der Waals surface area contributed by atoms with E-state index >= 15 is 0 Å². The Kier molecular flexibility index (Phi) is 5.49. The maximum atomic E-state index is 11.7. The van der Waals surface area contributed by atoms with E-state index in [0.717, 1.165) is 6.42 Å². The first-order valence-corrected chi connectivity index (χ1v) is 8.18. The topological polar surface area (TPSA) is 29.5 Å². The Morgan fingerprint density at radius 3 is 2.89 bits per heavy atom. The van der Waals surface area contributed by atoms with Gasteiger partial charge in [-0.2, -0.15) is 0 Å². The van der Waals surface area contributed by atoms with Crippen LogP contribution in [0.25, 0.3) is 0 Å². The first kappa shape index (κ1) is 14.3. The number of rotatable bonds is 4. The Bertz CT molecular complexity index is 283. The molecule has 18 heavy (non-hydrogen) atoms. The van der Waals surface area contributed by atoms with Gasteiger partial charge in [-0.25, -0.2) is 0 Å². The molecule has 0 bridgehead atoms. The van der Waals surface area contributed by atoms with Gasteiger partial charge in [0.1, 0.15) is 4.83 Å². The summed E-state index contributed by atoms with van der Waals surface area (Å²) >= 11 is 3.35. The highest BCUT2D eigenvalue weighted by Crippen LogP contribution is 2.31. The number of esters is 1. The number of fused-ring (bicyclic) bond motifs is 1. The molecule has 104 valence electrons. The minimum Gasteiger partial charge on any atom is -0.464 e. The monoisotopic (exact) mass is 317 g/mol. The molecule has 0 N–H and O–H groups in total. The zero-order valence-corrected chi connectivity index (χ0v) is 12.8. The van der Waals surface area contributed by atoms with Gasteiger partial charge in [-0.05, 0) is 45.2 Å². The van der Waals surface area contributed by atoms with Crippen LogP contribution in [0.15, 0.2) is 0 Å². The number of nitrogens with zero attached hydrogens (tertiary/aromatic N) is 1. The predicted molar refractivity (Wildman–Crippen MR) is 75.9 cm³/mol. The van der Waals surface area contributed by atoms with Gasteiger partial charge >= 0.3 is 5.97 Å². The molecular weight excluding hydrogens is 294 g/mol. The van der Waals surface area contributed by atoms with Crippen molar-refractivity contribution in [2.24, 2.45) is 5.92 Å². The molecule has 0 saturated carbocycles. The van der Waals surface area contributed by atoms with Crippen molar-refractivity contribution in [2.45, 2.75) is 56.3 Å². The van der Waals surface area contributed by atoms with Crippen LogP contribution in [0.4, 0.5) is 0 Å². The summed E-state index contributed by atoms with van der Waals surface area (Å²) in [5, 5.41) is 0. The average molecular weight is 318 g/mol. The summed E-state index contributed by atoms with van der Waals surface area (Å²) in [4.78, 5) is 14.2. The molecule has 0 aromatic heterocycles. The lowest BCUT2D eigenvalue weighted by Crippen LogP contribution is -2.49. The van der Waals surface area contributed by atoms with Crippen molar-refractivity contribution in [3.05, 3.63) is 0 Å². The Morgan fingerprint density at radius 2 is 2.11 bits per heavy atom. The lowest BCUT2D eigenvalue weighted by molar-refractivity contribution is -0.145. The van der Waals surface area contributed by atoms with Crippen LogP contribution >= 0.6 is 15.9 Å². The number of piperidine rings is 2. The summed E-state index contributed by atoms with van der Waals surface area (Å²) in [6.45, 7) is 5.09. The smallest absolute Gasteiger partial charge is 0.319 e. The van der Waals surface area contributed by atoms with Gasteiger partial charge in [-0.1, -0.05) is 29.3 Å². The van der Waals surface area contributed by atoms with Crippen LogP contribution in [-0.2, 0) is 9.53 Å². The molecule has 2 fully saturated rings. The molecule has 0 aromatic carbocycles. The quantitative estimate of drug-likeness (QED) is 0.589. The minimum atomic E-state index is -0.136. The largest absolute Gasteiger partial charge is 0.464 e. The molecule has 4 heteroatoms. The van der Waals surface area contributed by atoms with Crippen molar-refractivity contribution >= 4 is 21.9 Å². The molecule has 0 radical (unpaired) electrons. The first-order chi connectivity index (χ1) is 8.72. The molecule has 2 rings (SSSR count). The summed E-state index contributed by atoms with van der Waals surface area (Å²) in [5.41, 5.74) is 0. The first-order valence-electron chi connectivity index (χ1n) is 7.27. The molecule has 2 aliphatic rings. The summed E-state index contributed by atoms with van der Waals surface area (Å²) in [5.74, 6) is 0.463. The standard InChI is InChI=1S/C14H24BrNO2/c1-2-12(15)14(17)18-10-11-6-5-9-16-8-4-3-7-13(11)16/h11-13H,2-10H2,1H3/t11-,12+,13-/m1/s1. The highest BCUT2D eigenvalue weighted by molar-refractivity contribution is 9.10. The molecule has 2 saturated heterocycles. The zero-order valence-electron chi connectivity index (χ0n) is 11.2. The van der Waals surface area contributed by atoms with Gasteiger partial charge in [0.05, 0.1) is 6.61 Å². The van der Waals surface area contributed by atoms with Crippen LogP contribution in [0.2, 0.25) is 0 Å². The number of halogens is 1. The van der Waals surface area contributed by atoms with Crippen LogP contribution in [0.5, 0.6) is 0 Å². The third-order valence-electron chi connectivity index (χ3n) is 4.28. The molecular formula is C14H24BrNO2. The second kappa shape index (κ2) is 6.90. The van der Waals surface area contributed by atoms with E-state index in [2.05, 4.69) is 20.8 Å². The van der Waals surface area contributed by atoms with Gasteiger partial charge in [0.2, 0.25) is 0 Å². The summed E-state index contributed by atoms with van der Waals surface area (Å²) in [6.07, 6.45) is 7.22. The zero-order chi connectivity index (χ0) is 13.0. The van der Waals surface area contributed by atoms with E-state index in [9.17, 15) is 4.79 Å². The highest BCUT2D eigenvalue weighted by atomic mass is 79.9. The maximum Gasteiger partial charge on any atom is 0.319 e. The third-order valence-corrected chi connectivity index (χ3v) is 5.30. The molecule has 0 aliphatic carbocycles. The predicted octanol–water partition coefficient (Wildman–Crippen LogP) is 2.97. The number of carbonyl (C=O) groups is 1. The molecule has 0 amide bonds. The number of alkyl halides is 1. The fourth-order valence-corrected chi connectivity index (χ4v) is 3.35. The summed E-state index contributed by atoms with van der Waals surface area (Å²) in [6, 6.07) is 0.663. The lowest BCUT2D eigenvalue weighted by atomic mass is 9.84. The third kappa shape index (κ3) is 3.47. The summed E-state index contributed by atoms with van der Waals surface area (Å²) in [7, 11) is 0. The van der Waals surface area contributed by atoms with Gasteiger partial charge in [0.25, 0.3) is 0 Å². The molecule has 0 aromatic rings. The molecule has 3 atom stereocenters. The normalized spacial score (nSPS) is 30.6. The Balaban J connectivity index is 1.82. The fraction of sp³-hybridized carbons (Fsp3) is 0.929. The highest BCUT2D eigenvalue weighted by Gasteiger charge is 2.33. The van der Waals surface area contributed by atoms with Crippen molar-refractivity contribution < 1.29 is 9.53 Å². The average Bonchev–Trinajstić information content (AvgIpc) is 2.43. The van der Waals surface area contributed by atoms with Crippen molar-refractivity contribution in [1.82, 2.24) is 4.90 Å². The maximum absolute atomic E-state index is 11.7.